The first-order valence-electron chi connectivity index (χ1n) is 6.33. The number of thioether (sulfide) groups is 1. The Kier molecular flexibility index (Phi) is 7.61. The lowest BCUT2D eigenvalue weighted by molar-refractivity contribution is 0.106. The number of aryl methyl sites for hydroxylation is 1. The third-order valence-electron chi connectivity index (χ3n) is 2.79. The molecule has 2 unspecified atom stereocenters. The molecule has 0 heterocycles. The average molecular weight is 304 g/mol. The van der Waals surface area contributed by atoms with E-state index in [1.54, 1.807) is 17.8 Å². The van der Waals surface area contributed by atoms with Gasteiger partial charge in [0.2, 0.25) is 0 Å². The highest BCUT2D eigenvalue weighted by atomic mass is 35.5. The van der Waals surface area contributed by atoms with Gasteiger partial charge in [-0.25, -0.2) is 0 Å². The zero-order valence-electron chi connectivity index (χ0n) is 11.6. The Morgan fingerprint density at radius 1 is 1.42 bits per heavy atom. The first kappa shape index (κ1) is 16.6. The molecule has 0 aliphatic heterocycles. The van der Waals surface area contributed by atoms with Gasteiger partial charge in [0.15, 0.2) is 0 Å². The Morgan fingerprint density at radius 2 is 2.16 bits per heavy atom. The van der Waals surface area contributed by atoms with Gasteiger partial charge in [-0.05, 0) is 36.9 Å². The van der Waals surface area contributed by atoms with Crippen molar-refractivity contribution >= 4 is 23.4 Å². The summed E-state index contributed by atoms with van der Waals surface area (Å²) in [5.41, 5.74) is 0.973. The van der Waals surface area contributed by atoms with Crippen molar-refractivity contribution in [3.63, 3.8) is 0 Å². The number of hydrogen-bond donors (Lipinski definition) is 2. The summed E-state index contributed by atoms with van der Waals surface area (Å²) < 4.78 is 5.53. The summed E-state index contributed by atoms with van der Waals surface area (Å²) in [5.74, 6) is 0.735. The predicted octanol–water partition coefficient (Wildman–Crippen LogP) is 2.73. The van der Waals surface area contributed by atoms with Crippen molar-refractivity contribution < 1.29 is 9.84 Å². The number of rotatable bonds is 8. The van der Waals surface area contributed by atoms with Gasteiger partial charge in [-0.1, -0.05) is 18.5 Å². The number of hydrogen-bond acceptors (Lipinski definition) is 4. The molecule has 108 valence electrons. The summed E-state index contributed by atoms with van der Waals surface area (Å²) in [4.78, 5) is 0. The molecule has 1 aromatic carbocycles. The van der Waals surface area contributed by atoms with E-state index in [1.165, 1.54) is 0 Å². The van der Waals surface area contributed by atoms with Gasteiger partial charge in [0.1, 0.15) is 18.5 Å². The molecule has 5 heteroatoms. The van der Waals surface area contributed by atoms with Gasteiger partial charge in [0, 0.05) is 23.4 Å². The average Bonchev–Trinajstić information content (AvgIpc) is 2.40. The minimum atomic E-state index is -0.509. The Morgan fingerprint density at radius 3 is 2.79 bits per heavy atom. The quantitative estimate of drug-likeness (QED) is 0.775. The van der Waals surface area contributed by atoms with Crippen LogP contribution in [-0.2, 0) is 0 Å². The van der Waals surface area contributed by atoms with Crippen molar-refractivity contribution in [2.75, 3.05) is 26.0 Å². The molecule has 3 nitrogen and oxygen atoms in total. The summed E-state index contributed by atoms with van der Waals surface area (Å²) in [6.07, 6.45) is 1.57. The van der Waals surface area contributed by atoms with Crippen LogP contribution in [0.1, 0.15) is 12.5 Å². The molecule has 1 rings (SSSR count). The standard InChI is InChI=1S/C14H22ClNO2S/c1-10-6-13(4-5-14(10)15)18-9-12(17)8-16-7-11(2)19-3/h4-6,11-12,16-17H,7-9H2,1-3H3. The highest BCUT2D eigenvalue weighted by Gasteiger charge is 2.07. The number of nitrogens with one attached hydrogen (secondary N) is 1. The molecule has 0 fully saturated rings. The molecule has 2 N–H and O–H groups in total. The predicted molar refractivity (Wildman–Crippen MR) is 83.5 cm³/mol. The summed E-state index contributed by atoms with van der Waals surface area (Å²) in [6, 6.07) is 5.49. The van der Waals surface area contributed by atoms with Crippen molar-refractivity contribution in [2.24, 2.45) is 0 Å². The van der Waals surface area contributed by atoms with Crippen LogP contribution in [0.25, 0.3) is 0 Å². The lowest BCUT2D eigenvalue weighted by Gasteiger charge is -2.15. The largest absolute Gasteiger partial charge is 0.491 e. The van der Waals surface area contributed by atoms with E-state index in [-0.39, 0.29) is 6.61 Å². The SMILES string of the molecule is CSC(C)CNCC(O)COc1ccc(Cl)c(C)c1. The van der Waals surface area contributed by atoms with E-state index in [9.17, 15) is 5.11 Å². The van der Waals surface area contributed by atoms with E-state index in [4.69, 9.17) is 16.3 Å². The van der Waals surface area contributed by atoms with E-state index < -0.39 is 6.10 Å². The second-order valence-corrected chi connectivity index (χ2v) is 6.26. The number of halogens is 1. The maximum Gasteiger partial charge on any atom is 0.119 e. The lowest BCUT2D eigenvalue weighted by Crippen LogP contribution is -2.34. The van der Waals surface area contributed by atoms with Gasteiger partial charge in [-0.2, -0.15) is 11.8 Å². The van der Waals surface area contributed by atoms with Gasteiger partial charge in [0.05, 0.1) is 0 Å². The Hall–Kier alpha value is -0.420. The van der Waals surface area contributed by atoms with Crippen LogP contribution in [0.5, 0.6) is 5.75 Å². The van der Waals surface area contributed by atoms with Gasteiger partial charge >= 0.3 is 0 Å². The zero-order valence-corrected chi connectivity index (χ0v) is 13.2. The topological polar surface area (TPSA) is 41.5 Å². The molecule has 0 radical (unpaired) electrons. The van der Waals surface area contributed by atoms with E-state index in [0.717, 1.165) is 22.9 Å². The monoisotopic (exact) mass is 303 g/mol. The maximum atomic E-state index is 9.80. The molecule has 0 aliphatic rings. The third-order valence-corrected chi connectivity index (χ3v) is 4.18. The number of aliphatic hydroxyl groups is 1. The normalized spacial score (nSPS) is 14.2. The third kappa shape index (κ3) is 6.52. The fourth-order valence-corrected chi connectivity index (χ4v) is 1.90. The molecule has 0 amide bonds. The van der Waals surface area contributed by atoms with E-state index in [0.29, 0.717) is 11.8 Å². The molecule has 1 aromatic rings. The van der Waals surface area contributed by atoms with Gasteiger partial charge in [-0.15, -0.1) is 0 Å². The van der Waals surface area contributed by atoms with Crippen molar-refractivity contribution in [1.82, 2.24) is 5.32 Å². The van der Waals surface area contributed by atoms with Crippen LogP contribution >= 0.6 is 23.4 Å². The number of ether oxygens (including phenoxy) is 1. The highest BCUT2D eigenvalue weighted by molar-refractivity contribution is 7.99. The van der Waals surface area contributed by atoms with Crippen molar-refractivity contribution in [1.29, 1.82) is 0 Å². The molecule has 2 atom stereocenters. The van der Waals surface area contributed by atoms with Crippen LogP contribution in [0.15, 0.2) is 18.2 Å². The summed E-state index contributed by atoms with van der Waals surface area (Å²) in [6.45, 7) is 5.78. The highest BCUT2D eigenvalue weighted by Crippen LogP contribution is 2.21. The minimum absolute atomic E-state index is 0.279. The minimum Gasteiger partial charge on any atom is -0.491 e. The second kappa shape index (κ2) is 8.69. The molecule has 0 saturated carbocycles. The van der Waals surface area contributed by atoms with Crippen LogP contribution < -0.4 is 10.1 Å². The summed E-state index contributed by atoms with van der Waals surface area (Å²) in [7, 11) is 0. The molecule has 0 aromatic heterocycles. The Balaban J connectivity index is 2.25. The first-order chi connectivity index (χ1) is 9.02. The van der Waals surface area contributed by atoms with Crippen LogP contribution in [0.4, 0.5) is 0 Å². The fourth-order valence-electron chi connectivity index (χ4n) is 1.49. The molecule has 19 heavy (non-hydrogen) atoms. The lowest BCUT2D eigenvalue weighted by atomic mass is 10.2. The van der Waals surface area contributed by atoms with E-state index in [2.05, 4.69) is 18.5 Å². The van der Waals surface area contributed by atoms with Crippen LogP contribution in [-0.4, -0.2) is 42.4 Å². The Bertz CT molecular complexity index is 390. The second-order valence-electron chi connectivity index (χ2n) is 4.58. The van der Waals surface area contributed by atoms with Crippen molar-refractivity contribution in [3.05, 3.63) is 28.8 Å². The smallest absolute Gasteiger partial charge is 0.119 e. The van der Waals surface area contributed by atoms with E-state index >= 15 is 0 Å². The van der Waals surface area contributed by atoms with Crippen LogP contribution in [0, 0.1) is 6.92 Å². The van der Waals surface area contributed by atoms with Crippen molar-refractivity contribution in [2.45, 2.75) is 25.2 Å². The molecular weight excluding hydrogens is 282 g/mol. The zero-order chi connectivity index (χ0) is 14.3. The van der Waals surface area contributed by atoms with E-state index in [1.807, 2.05) is 19.1 Å². The fraction of sp³-hybridized carbons (Fsp3) is 0.571. The number of benzene rings is 1. The molecule has 0 saturated heterocycles. The van der Waals surface area contributed by atoms with Gasteiger partial charge < -0.3 is 15.2 Å². The maximum absolute atomic E-state index is 9.80. The summed E-state index contributed by atoms with van der Waals surface area (Å²) >= 11 is 7.74. The van der Waals surface area contributed by atoms with Crippen LogP contribution in [0.2, 0.25) is 5.02 Å². The summed E-state index contributed by atoms with van der Waals surface area (Å²) in [5, 5.41) is 14.3. The molecular formula is C14H22ClNO2S. The first-order valence-corrected chi connectivity index (χ1v) is 8.00. The van der Waals surface area contributed by atoms with Gasteiger partial charge in [-0.3, -0.25) is 0 Å². The molecule has 0 aliphatic carbocycles. The van der Waals surface area contributed by atoms with Gasteiger partial charge in [0.25, 0.3) is 0 Å². The molecule has 0 bridgehead atoms. The number of aliphatic hydroxyl groups excluding tert-OH is 1. The molecule has 0 spiro atoms. The van der Waals surface area contributed by atoms with Crippen LogP contribution in [0.3, 0.4) is 0 Å². The van der Waals surface area contributed by atoms with Crippen molar-refractivity contribution in [3.8, 4) is 5.75 Å². The Labute approximate surface area is 124 Å².